The first-order chi connectivity index (χ1) is 9.11. The number of ether oxygens (including phenoxy) is 1. The smallest absolute Gasteiger partial charge is 0.387 e. The molecular weight excluding hydrogens is 294 g/mol. The van der Waals surface area contributed by atoms with E-state index in [4.69, 9.17) is 17.4 Å². The van der Waals surface area contributed by atoms with Gasteiger partial charge in [-0.05, 0) is 29.1 Å². The number of halogens is 3. The molecule has 0 fully saturated rings. The molecule has 3 nitrogen and oxygen atoms in total. The highest BCUT2D eigenvalue weighted by molar-refractivity contribution is 7.10. The number of rotatable bonds is 5. The number of hydrogen-bond acceptors (Lipinski definition) is 4. The van der Waals surface area contributed by atoms with E-state index in [-0.39, 0.29) is 11.8 Å². The third-order valence-electron chi connectivity index (χ3n) is 2.49. The molecule has 0 saturated carbocycles. The molecule has 2 rings (SSSR count). The summed E-state index contributed by atoms with van der Waals surface area (Å²) in [6.07, 6.45) is 0. The third kappa shape index (κ3) is 3.42. The number of thiophene rings is 1. The van der Waals surface area contributed by atoms with Crippen molar-refractivity contribution in [3.05, 3.63) is 51.2 Å². The lowest BCUT2D eigenvalue weighted by molar-refractivity contribution is -0.0498. The van der Waals surface area contributed by atoms with Crippen molar-refractivity contribution in [3.63, 3.8) is 0 Å². The van der Waals surface area contributed by atoms with Crippen molar-refractivity contribution < 1.29 is 13.5 Å². The molecule has 1 aromatic heterocycles. The lowest BCUT2D eigenvalue weighted by Crippen LogP contribution is -2.28. The fourth-order valence-corrected chi connectivity index (χ4v) is 2.96. The zero-order chi connectivity index (χ0) is 13.8. The second-order valence-corrected chi connectivity index (χ2v) is 5.04. The van der Waals surface area contributed by atoms with Gasteiger partial charge in [0.1, 0.15) is 5.75 Å². The van der Waals surface area contributed by atoms with Crippen molar-refractivity contribution in [3.8, 4) is 5.75 Å². The Kier molecular flexibility index (Phi) is 4.71. The molecule has 0 aliphatic rings. The van der Waals surface area contributed by atoms with E-state index in [1.807, 2.05) is 5.38 Å². The minimum absolute atomic E-state index is 0.0837. The molecule has 1 heterocycles. The fourth-order valence-electron chi connectivity index (χ4n) is 1.70. The molecule has 0 radical (unpaired) electrons. The van der Waals surface area contributed by atoms with E-state index in [9.17, 15) is 8.78 Å². The highest BCUT2D eigenvalue weighted by Crippen LogP contribution is 2.33. The number of nitrogens with two attached hydrogens (primary N) is 1. The minimum atomic E-state index is -2.86. The Morgan fingerprint density at radius 1 is 1.32 bits per heavy atom. The van der Waals surface area contributed by atoms with Gasteiger partial charge in [0.25, 0.3) is 0 Å². The molecule has 0 amide bonds. The number of benzene rings is 1. The zero-order valence-corrected chi connectivity index (χ0v) is 11.2. The first-order valence-electron chi connectivity index (χ1n) is 5.35. The van der Waals surface area contributed by atoms with Gasteiger partial charge in [-0.2, -0.15) is 8.78 Å². The summed E-state index contributed by atoms with van der Waals surface area (Å²) in [5.41, 5.74) is 3.32. The highest BCUT2D eigenvalue weighted by atomic mass is 35.5. The SMILES string of the molecule is NNC(c1cccc(OC(F)F)c1)c1sccc1Cl. The molecule has 0 aliphatic carbocycles. The molecule has 1 atom stereocenters. The maximum atomic E-state index is 12.2. The largest absolute Gasteiger partial charge is 0.435 e. The van der Waals surface area contributed by atoms with Crippen LogP contribution in [0.3, 0.4) is 0 Å². The van der Waals surface area contributed by atoms with Crippen molar-refractivity contribution in [2.45, 2.75) is 12.7 Å². The van der Waals surface area contributed by atoms with Crippen LogP contribution in [0, 0.1) is 0 Å². The van der Waals surface area contributed by atoms with Crippen LogP contribution in [0.2, 0.25) is 5.02 Å². The second-order valence-electron chi connectivity index (χ2n) is 3.68. The molecule has 0 aliphatic heterocycles. The average Bonchev–Trinajstić information content (AvgIpc) is 2.77. The number of alkyl halides is 2. The summed E-state index contributed by atoms with van der Waals surface area (Å²) in [5.74, 6) is 5.61. The molecule has 0 saturated heterocycles. The van der Waals surface area contributed by atoms with Gasteiger partial charge in [-0.25, -0.2) is 5.43 Å². The molecule has 0 bridgehead atoms. The topological polar surface area (TPSA) is 47.3 Å². The molecule has 102 valence electrons. The summed E-state index contributed by atoms with van der Waals surface area (Å²) in [6, 6.07) is 7.74. The summed E-state index contributed by atoms with van der Waals surface area (Å²) in [4.78, 5) is 0.818. The van der Waals surface area contributed by atoms with Crippen LogP contribution < -0.4 is 16.0 Å². The Labute approximate surface area is 117 Å². The van der Waals surface area contributed by atoms with Crippen LogP contribution in [0.1, 0.15) is 16.5 Å². The van der Waals surface area contributed by atoms with Crippen molar-refractivity contribution in [2.24, 2.45) is 5.84 Å². The van der Waals surface area contributed by atoms with E-state index in [1.165, 1.54) is 23.5 Å². The van der Waals surface area contributed by atoms with E-state index in [1.54, 1.807) is 18.2 Å². The maximum absolute atomic E-state index is 12.2. The molecule has 3 N–H and O–H groups in total. The van der Waals surface area contributed by atoms with Crippen molar-refractivity contribution in [1.29, 1.82) is 0 Å². The van der Waals surface area contributed by atoms with Crippen molar-refractivity contribution >= 4 is 22.9 Å². The number of hydrazine groups is 1. The van der Waals surface area contributed by atoms with Gasteiger partial charge in [-0.3, -0.25) is 5.84 Å². The summed E-state index contributed by atoms with van der Waals surface area (Å²) in [6.45, 7) is -2.86. The molecule has 0 spiro atoms. The monoisotopic (exact) mass is 304 g/mol. The van der Waals surface area contributed by atoms with Crippen molar-refractivity contribution in [1.82, 2.24) is 5.43 Å². The quantitative estimate of drug-likeness (QED) is 0.656. The zero-order valence-electron chi connectivity index (χ0n) is 9.65. The van der Waals surface area contributed by atoms with Gasteiger partial charge >= 0.3 is 6.61 Å². The lowest BCUT2D eigenvalue weighted by Gasteiger charge is -2.16. The van der Waals surface area contributed by atoms with E-state index >= 15 is 0 Å². The van der Waals surface area contributed by atoms with Crippen LogP contribution in [-0.2, 0) is 0 Å². The van der Waals surface area contributed by atoms with Gasteiger partial charge in [-0.15, -0.1) is 11.3 Å². The van der Waals surface area contributed by atoms with Crippen LogP contribution in [-0.4, -0.2) is 6.61 Å². The van der Waals surface area contributed by atoms with Crippen LogP contribution in [0.15, 0.2) is 35.7 Å². The van der Waals surface area contributed by atoms with Crippen LogP contribution in [0.25, 0.3) is 0 Å². The van der Waals surface area contributed by atoms with Gasteiger partial charge in [0, 0.05) is 4.88 Å². The Hall–Kier alpha value is -1.21. The van der Waals surface area contributed by atoms with Crippen LogP contribution in [0.4, 0.5) is 8.78 Å². The van der Waals surface area contributed by atoms with Gasteiger partial charge in [0.2, 0.25) is 0 Å². The number of nitrogens with one attached hydrogen (secondary N) is 1. The molecule has 1 unspecified atom stereocenters. The number of hydrogen-bond donors (Lipinski definition) is 2. The highest BCUT2D eigenvalue weighted by Gasteiger charge is 2.18. The first-order valence-corrected chi connectivity index (χ1v) is 6.61. The third-order valence-corrected chi connectivity index (χ3v) is 3.91. The van der Waals surface area contributed by atoms with E-state index < -0.39 is 6.61 Å². The predicted molar refractivity (Wildman–Crippen MR) is 71.6 cm³/mol. The predicted octanol–water partition coefficient (Wildman–Crippen LogP) is 3.56. The first kappa shape index (κ1) is 14.2. The molecule has 2 aromatic rings. The Morgan fingerprint density at radius 3 is 2.68 bits per heavy atom. The van der Waals surface area contributed by atoms with Gasteiger partial charge in [0.05, 0.1) is 11.1 Å². The Morgan fingerprint density at radius 2 is 2.11 bits per heavy atom. The van der Waals surface area contributed by atoms with E-state index in [2.05, 4.69) is 10.2 Å². The Bertz CT molecular complexity index is 550. The Balaban J connectivity index is 2.31. The van der Waals surface area contributed by atoms with Crippen molar-refractivity contribution in [2.75, 3.05) is 0 Å². The van der Waals surface area contributed by atoms with Gasteiger partial charge < -0.3 is 4.74 Å². The average molecular weight is 305 g/mol. The van der Waals surface area contributed by atoms with Crippen LogP contribution in [0.5, 0.6) is 5.75 Å². The molecule has 19 heavy (non-hydrogen) atoms. The summed E-state index contributed by atoms with van der Waals surface area (Å²) < 4.78 is 28.7. The maximum Gasteiger partial charge on any atom is 0.387 e. The second kappa shape index (κ2) is 6.29. The summed E-state index contributed by atoms with van der Waals surface area (Å²) in [5, 5.41) is 2.41. The standard InChI is InChI=1S/C12H11ClF2N2OS/c13-9-4-5-19-11(9)10(17-16)7-2-1-3-8(6-7)18-12(14)15/h1-6,10,12,17H,16H2. The summed E-state index contributed by atoms with van der Waals surface area (Å²) in [7, 11) is 0. The van der Waals surface area contributed by atoms with E-state index in [0.717, 1.165) is 4.88 Å². The van der Waals surface area contributed by atoms with Crippen LogP contribution >= 0.6 is 22.9 Å². The molecule has 7 heteroatoms. The lowest BCUT2D eigenvalue weighted by atomic mass is 10.1. The van der Waals surface area contributed by atoms with Gasteiger partial charge in [0.15, 0.2) is 0 Å². The summed E-state index contributed by atoms with van der Waals surface area (Å²) >= 11 is 7.48. The fraction of sp³-hybridized carbons (Fsp3) is 0.167. The minimum Gasteiger partial charge on any atom is -0.435 e. The van der Waals surface area contributed by atoms with E-state index in [0.29, 0.717) is 10.6 Å². The van der Waals surface area contributed by atoms with Gasteiger partial charge in [-0.1, -0.05) is 23.7 Å². The normalized spacial score (nSPS) is 12.7. The molecule has 1 aromatic carbocycles. The molecular formula is C12H11ClF2N2OS.